The van der Waals surface area contributed by atoms with Crippen LogP contribution < -0.4 is 0 Å². The van der Waals surface area contributed by atoms with Gasteiger partial charge in [-0.1, -0.05) is 32.6 Å². The lowest BCUT2D eigenvalue weighted by Gasteiger charge is -2.22. The number of Topliss-reactive ketones (excluding diaryl/α,β-unsaturated/α-hetero) is 1. The summed E-state index contributed by atoms with van der Waals surface area (Å²) in [7, 11) is -1.18. The molecule has 1 aliphatic carbocycles. The van der Waals surface area contributed by atoms with Crippen LogP contribution >= 0.6 is 0 Å². The van der Waals surface area contributed by atoms with Crippen LogP contribution in [-0.2, 0) is 4.79 Å². The van der Waals surface area contributed by atoms with E-state index in [-0.39, 0.29) is 12.0 Å². The van der Waals surface area contributed by atoms with Crippen LogP contribution in [0, 0.1) is 5.92 Å². The van der Waals surface area contributed by atoms with E-state index in [0.717, 1.165) is 43.7 Å². The second-order valence-electron chi connectivity index (χ2n) is 7.36. The van der Waals surface area contributed by atoms with Crippen molar-refractivity contribution in [2.45, 2.75) is 76.7 Å². The fraction of sp³-hybridized carbons (Fsp3) is 0.765. The molecule has 0 saturated heterocycles. The first kappa shape index (κ1) is 17.4. The highest BCUT2D eigenvalue weighted by molar-refractivity contribution is 6.76. The Balaban J connectivity index is 2.37. The molecule has 1 rings (SSSR count). The molecule has 1 N–H and O–H groups in total. The molecular formula is C17H30O2Si. The Hall–Kier alpha value is -0.633. The van der Waals surface area contributed by atoms with Crippen molar-refractivity contribution in [3.8, 4) is 0 Å². The summed E-state index contributed by atoms with van der Waals surface area (Å²) in [5.41, 5.74) is 4.17. The van der Waals surface area contributed by atoms with Gasteiger partial charge in [0.2, 0.25) is 0 Å². The maximum absolute atomic E-state index is 11.8. The lowest BCUT2D eigenvalue weighted by atomic mass is 9.84. The Labute approximate surface area is 125 Å². The number of rotatable bonds is 7. The first-order valence-electron chi connectivity index (χ1n) is 7.90. The van der Waals surface area contributed by atoms with E-state index in [1.165, 1.54) is 6.42 Å². The van der Waals surface area contributed by atoms with E-state index in [1.54, 1.807) is 0 Å². The van der Waals surface area contributed by atoms with Crippen molar-refractivity contribution >= 4 is 13.9 Å². The summed E-state index contributed by atoms with van der Waals surface area (Å²) in [6, 6.07) is 1.05. The number of hydrogen-bond acceptors (Lipinski definition) is 2. The molecule has 0 spiro atoms. The summed E-state index contributed by atoms with van der Waals surface area (Å²) in [5, 5.41) is 10.2. The molecule has 0 bridgehead atoms. The third kappa shape index (κ3) is 6.69. The molecule has 0 radical (unpaired) electrons. The van der Waals surface area contributed by atoms with Crippen molar-refractivity contribution in [2.24, 2.45) is 5.92 Å². The molecule has 20 heavy (non-hydrogen) atoms. The van der Waals surface area contributed by atoms with Crippen molar-refractivity contribution in [1.82, 2.24) is 0 Å². The lowest BCUT2D eigenvalue weighted by molar-refractivity contribution is -0.124. The standard InChI is InChI=1S/C17H30O2Si/c1-5-14(13-20(2,3)4)12-16(18)11-10-15-8-6-7-9-17(15)19/h15-16,18H,1,6-13H2,2-4H3. The van der Waals surface area contributed by atoms with Gasteiger partial charge in [0.15, 0.2) is 0 Å². The molecule has 114 valence electrons. The quantitative estimate of drug-likeness (QED) is 0.560. The summed E-state index contributed by atoms with van der Waals surface area (Å²) in [6.07, 6.45) is 5.89. The van der Waals surface area contributed by atoms with Gasteiger partial charge in [0.05, 0.1) is 6.10 Å². The summed E-state index contributed by atoms with van der Waals surface area (Å²) < 4.78 is 0. The summed E-state index contributed by atoms with van der Waals surface area (Å²) in [5.74, 6) is 0.608. The van der Waals surface area contributed by atoms with Crippen LogP contribution in [0.1, 0.15) is 44.9 Å². The van der Waals surface area contributed by atoms with E-state index in [0.29, 0.717) is 12.2 Å². The number of aliphatic hydroxyl groups excluding tert-OH is 1. The molecule has 0 amide bonds. The summed E-state index contributed by atoms with van der Waals surface area (Å²) >= 11 is 0. The zero-order valence-electron chi connectivity index (χ0n) is 13.4. The van der Waals surface area contributed by atoms with Crippen LogP contribution in [0.15, 0.2) is 17.9 Å². The second kappa shape index (κ2) is 7.97. The monoisotopic (exact) mass is 294 g/mol. The Kier molecular flexibility index (Phi) is 6.94. The Morgan fingerprint density at radius 1 is 1.45 bits per heavy atom. The molecule has 0 aromatic rings. The van der Waals surface area contributed by atoms with E-state index in [2.05, 4.69) is 32.0 Å². The predicted molar refractivity (Wildman–Crippen MR) is 87.6 cm³/mol. The van der Waals surface area contributed by atoms with Crippen LogP contribution in [0.2, 0.25) is 25.7 Å². The minimum atomic E-state index is -1.18. The molecule has 2 nitrogen and oxygen atoms in total. The van der Waals surface area contributed by atoms with Crippen molar-refractivity contribution in [3.63, 3.8) is 0 Å². The van der Waals surface area contributed by atoms with Crippen LogP contribution in [0.4, 0.5) is 0 Å². The van der Waals surface area contributed by atoms with Crippen LogP contribution in [0.3, 0.4) is 0 Å². The van der Waals surface area contributed by atoms with Gasteiger partial charge in [-0.2, -0.15) is 0 Å². The third-order valence-corrected chi connectivity index (χ3v) is 5.49. The zero-order chi connectivity index (χ0) is 15.2. The van der Waals surface area contributed by atoms with Gasteiger partial charge in [0.25, 0.3) is 0 Å². The Morgan fingerprint density at radius 3 is 2.70 bits per heavy atom. The number of carbonyl (C=O) groups is 1. The van der Waals surface area contributed by atoms with Crippen molar-refractivity contribution in [2.75, 3.05) is 0 Å². The van der Waals surface area contributed by atoms with Gasteiger partial charge >= 0.3 is 0 Å². The molecule has 3 heteroatoms. The van der Waals surface area contributed by atoms with Gasteiger partial charge in [0, 0.05) is 26.8 Å². The fourth-order valence-corrected chi connectivity index (χ4v) is 4.54. The number of aliphatic hydroxyl groups is 1. The number of carbonyl (C=O) groups excluding carboxylic acids is 1. The summed E-state index contributed by atoms with van der Waals surface area (Å²) in [4.78, 5) is 11.8. The van der Waals surface area contributed by atoms with E-state index >= 15 is 0 Å². The third-order valence-electron chi connectivity index (χ3n) is 4.01. The maximum Gasteiger partial charge on any atom is 0.135 e. The van der Waals surface area contributed by atoms with Crippen molar-refractivity contribution < 1.29 is 9.90 Å². The average molecular weight is 295 g/mol. The van der Waals surface area contributed by atoms with Crippen molar-refractivity contribution in [1.29, 1.82) is 0 Å². The Bertz CT molecular complexity index is 375. The second-order valence-corrected chi connectivity index (χ2v) is 12.8. The van der Waals surface area contributed by atoms with Gasteiger partial charge in [-0.3, -0.25) is 4.79 Å². The average Bonchev–Trinajstić information content (AvgIpc) is 2.35. The molecule has 2 unspecified atom stereocenters. The van der Waals surface area contributed by atoms with Crippen LogP contribution in [0.25, 0.3) is 0 Å². The molecule has 1 saturated carbocycles. The first-order valence-corrected chi connectivity index (χ1v) is 11.6. The minimum Gasteiger partial charge on any atom is -0.393 e. The highest BCUT2D eigenvalue weighted by atomic mass is 28.3. The van der Waals surface area contributed by atoms with Gasteiger partial charge in [-0.25, -0.2) is 0 Å². The molecule has 0 aromatic carbocycles. The minimum absolute atomic E-state index is 0.201. The van der Waals surface area contributed by atoms with Crippen LogP contribution in [-0.4, -0.2) is 25.1 Å². The van der Waals surface area contributed by atoms with E-state index < -0.39 is 8.07 Å². The highest BCUT2D eigenvalue weighted by Gasteiger charge is 2.23. The Morgan fingerprint density at radius 2 is 2.15 bits per heavy atom. The molecule has 2 atom stereocenters. The normalized spacial score (nSPS) is 21.4. The smallest absolute Gasteiger partial charge is 0.135 e. The molecule has 0 heterocycles. The zero-order valence-corrected chi connectivity index (χ0v) is 14.4. The summed E-state index contributed by atoms with van der Waals surface area (Å²) in [6.45, 7) is 10.7. The van der Waals surface area contributed by atoms with Gasteiger partial charge < -0.3 is 5.11 Å². The number of hydrogen-bond donors (Lipinski definition) is 1. The highest BCUT2D eigenvalue weighted by Crippen LogP contribution is 2.27. The fourth-order valence-electron chi connectivity index (χ4n) is 2.99. The van der Waals surface area contributed by atoms with Crippen molar-refractivity contribution in [3.05, 3.63) is 17.9 Å². The van der Waals surface area contributed by atoms with Gasteiger partial charge in [0.1, 0.15) is 5.78 Å². The van der Waals surface area contributed by atoms with E-state index in [9.17, 15) is 9.90 Å². The SMILES string of the molecule is C=C=C(CC(O)CCC1CCCCC1=O)C[Si](C)(C)C. The predicted octanol–water partition coefficient (Wildman–Crippen LogP) is 4.33. The topological polar surface area (TPSA) is 37.3 Å². The molecular weight excluding hydrogens is 264 g/mol. The maximum atomic E-state index is 11.8. The van der Waals surface area contributed by atoms with Gasteiger partial charge in [-0.15, -0.1) is 5.73 Å². The van der Waals surface area contributed by atoms with E-state index in [1.807, 2.05) is 0 Å². The molecule has 1 aliphatic rings. The molecule has 1 fully saturated rings. The number of ketones is 1. The van der Waals surface area contributed by atoms with Crippen LogP contribution in [0.5, 0.6) is 0 Å². The first-order chi connectivity index (χ1) is 9.31. The molecule has 0 aliphatic heterocycles. The van der Waals surface area contributed by atoms with E-state index in [4.69, 9.17) is 0 Å². The largest absolute Gasteiger partial charge is 0.393 e. The lowest BCUT2D eigenvalue weighted by Crippen LogP contribution is -2.23. The van der Waals surface area contributed by atoms with Gasteiger partial charge in [-0.05, 0) is 37.3 Å². The molecule has 0 aromatic heterocycles.